The molecule has 0 aliphatic rings. The van der Waals surface area contributed by atoms with Gasteiger partial charge >= 0.3 is 0 Å². The summed E-state index contributed by atoms with van der Waals surface area (Å²) in [6.45, 7) is 3.76. The van der Waals surface area contributed by atoms with Gasteiger partial charge in [-0.1, -0.05) is 35.3 Å². The topological polar surface area (TPSA) is 62.3 Å². The van der Waals surface area contributed by atoms with Crippen molar-refractivity contribution in [3.63, 3.8) is 0 Å². The fourth-order valence-corrected chi connectivity index (χ4v) is 2.38. The third kappa shape index (κ3) is 4.46. The van der Waals surface area contributed by atoms with E-state index >= 15 is 0 Å². The number of likely N-dealkylation sites (N-methyl/N-ethyl adjacent to an activating group) is 1. The van der Waals surface area contributed by atoms with Crippen LogP contribution in [-0.4, -0.2) is 35.3 Å². The highest BCUT2D eigenvalue weighted by Gasteiger charge is 2.17. The number of hydrogen-bond acceptors (Lipinski definition) is 3. The van der Waals surface area contributed by atoms with Gasteiger partial charge < -0.3 is 10.2 Å². The molecule has 5 nitrogen and oxygen atoms in total. The molecule has 0 radical (unpaired) electrons. The molecule has 0 saturated carbocycles. The van der Waals surface area contributed by atoms with Gasteiger partial charge in [-0.05, 0) is 37.1 Å². The van der Waals surface area contributed by atoms with Gasteiger partial charge in [-0.2, -0.15) is 0 Å². The van der Waals surface area contributed by atoms with E-state index in [1.54, 1.807) is 0 Å². The number of amides is 2. The predicted octanol–water partition coefficient (Wildman–Crippen LogP) is 3.72. The Morgan fingerprint density at radius 2 is 1.92 bits per heavy atom. The lowest BCUT2D eigenvalue weighted by Gasteiger charge is -2.17. The van der Waals surface area contributed by atoms with Crippen LogP contribution in [0.25, 0.3) is 0 Å². The van der Waals surface area contributed by atoms with E-state index in [4.69, 9.17) is 23.2 Å². The molecular formula is C17H17Cl2N3O2. The summed E-state index contributed by atoms with van der Waals surface area (Å²) in [4.78, 5) is 29.6. The van der Waals surface area contributed by atoms with Crippen LogP contribution in [-0.2, 0) is 4.79 Å². The number of aromatic nitrogens is 1. The van der Waals surface area contributed by atoms with Gasteiger partial charge in [0.15, 0.2) is 0 Å². The maximum atomic E-state index is 12.3. The molecule has 1 heterocycles. The van der Waals surface area contributed by atoms with Crippen molar-refractivity contribution in [2.75, 3.05) is 18.9 Å². The second-order valence-electron chi connectivity index (χ2n) is 5.52. The number of pyridine rings is 1. The summed E-state index contributed by atoms with van der Waals surface area (Å²) in [7, 11) is 1.54. The second-order valence-corrected chi connectivity index (χ2v) is 6.29. The average molecular weight is 366 g/mol. The molecule has 1 aromatic heterocycles. The van der Waals surface area contributed by atoms with E-state index in [0.29, 0.717) is 0 Å². The van der Waals surface area contributed by atoms with Gasteiger partial charge in [0, 0.05) is 18.9 Å². The lowest BCUT2D eigenvalue weighted by molar-refractivity contribution is -0.116. The number of hydrogen-bond donors (Lipinski definition) is 1. The van der Waals surface area contributed by atoms with E-state index in [0.717, 1.165) is 16.8 Å². The first-order chi connectivity index (χ1) is 11.3. The molecule has 1 N–H and O–H groups in total. The molecule has 1 aromatic carbocycles. The van der Waals surface area contributed by atoms with Crippen LogP contribution in [0.2, 0.25) is 10.2 Å². The maximum Gasteiger partial charge on any atom is 0.255 e. The van der Waals surface area contributed by atoms with Gasteiger partial charge in [0.1, 0.15) is 5.15 Å². The summed E-state index contributed by atoms with van der Waals surface area (Å²) in [5.41, 5.74) is 3.00. The van der Waals surface area contributed by atoms with E-state index in [1.165, 1.54) is 24.2 Å². The lowest BCUT2D eigenvalue weighted by Crippen LogP contribution is -2.35. The van der Waals surface area contributed by atoms with Crippen LogP contribution >= 0.6 is 23.2 Å². The minimum absolute atomic E-state index is 0.0908. The van der Waals surface area contributed by atoms with Crippen molar-refractivity contribution in [1.82, 2.24) is 9.88 Å². The Bertz CT molecular complexity index is 793. The predicted molar refractivity (Wildman–Crippen MR) is 95.8 cm³/mol. The number of halogens is 2. The average Bonchev–Trinajstić information content (AvgIpc) is 2.52. The normalized spacial score (nSPS) is 10.4. The second kappa shape index (κ2) is 7.64. The molecular weight excluding hydrogens is 349 g/mol. The number of carbonyl (C=O) groups excluding carboxylic acids is 2. The first kappa shape index (κ1) is 18.2. The van der Waals surface area contributed by atoms with Crippen molar-refractivity contribution in [1.29, 1.82) is 0 Å². The number of aryl methyl sites for hydroxylation is 2. The van der Waals surface area contributed by atoms with Crippen molar-refractivity contribution in [3.05, 3.63) is 57.3 Å². The molecule has 2 aromatic rings. The SMILES string of the molecule is Cc1ccc(C)c(NC(=O)CN(C)C(=O)c2cnc(Cl)c(Cl)c2)c1. The zero-order chi connectivity index (χ0) is 17.9. The van der Waals surface area contributed by atoms with E-state index in [2.05, 4.69) is 10.3 Å². The smallest absolute Gasteiger partial charge is 0.255 e. The minimum Gasteiger partial charge on any atom is -0.332 e. The molecule has 7 heteroatoms. The molecule has 0 atom stereocenters. The zero-order valence-corrected chi connectivity index (χ0v) is 15.1. The molecule has 126 valence electrons. The minimum atomic E-state index is -0.364. The Morgan fingerprint density at radius 1 is 1.21 bits per heavy atom. The van der Waals surface area contributed by atoms with Crippen LogP contribution < -0.4 is 5.32 Å². The highest BCUT2D eigenvalue weighted by Crippen LogP contribution is 2.20. The maximum absolute atomic E-state index is 12.3. The number of nitrogens with one attached hydrogen (secondary N) is 1. The molecule has 0 unspecified atom stereocenters. The molecule has 0 aliphatic heterocycles. The fraction of sp³-hybridized carbons (Fsp3) is 0.235. The number of benzene rings is 1. The van der Waals surface area contributed by atoms with Crippen LogP contribution in [0.1, 0.15) is 21.5 Å². The molecule has 2 rings (SSSR count). The van der Waals surface area contributed by atoms with Gasteiger partial charge in [0.2, 0.25) is 5.91 Å². The summed E-state index contributed by atoms with van der Waals surface area (Å²) in [5, 5.41) is 3.13. The summed E-state index contributed by atoms with van der Waals surface area (Å²) in [5.74, 6) is -0.648. The molecule has 0 fully saturated rings. The van der Waals surface area contributed by atoms with E-state index in [-0.39, 0.29) is 34.1 Å². The van der Waals surface area contributed by atoms with Crippen LogP contribution in [0.3, 0.4) is 0 Å². The van der Waals surface area contributed by atoms with Crippen LogP contribution in [0.15, 0.2) is 30.5 Å². The van der Waals surface area contributed by atoms with Gasteiger partial charge in [-0.25, -0.2) is 4.98 Å². The van der Waals surface area contributed by atoms with Gasteiger partial charge in [0.25, 0.3) is 5.91 Å². The Balaban J connectivity index is 2.04. The Kier molecular flexibility index (Phi) is 5.80. The molecule has 24 heavy (non-hydrogen) atoms. The lowest BCUT2D eigenvalue weighted by atomic mass is 10.1. The molecule has 0 bridgehead atoms. The zero-order valence-electron chi connectivity index (χ0n) is 13.6. The third-order valence-corrected chi connectivity index (χ3v) is 4.12. The Labute approximate surface area is 150 Å². The van der Waals surface area contributed by atoms with Crippen molar-refractivity contribution in [3.8, 4) is 0 Å². The van der Waals surface area contributed by atoms with Crippen LogP contribution in [0.4, 0.5) is 5.69 Å². The standard InChI is InChI=1S/C17H17Cl2N3O2/c1-10-4-5-11(2)14(6-10)21-15(23)9-22(3)17(24)12-7-13(18)16(19)20-8-12/h4-8H,9H2,1-3H3,(H,21,23). The largest absolute Gasteiger partial charge is 0.332 e. The Hall–Kier alpha value is -2.11. The first-order valence-corrected chi connectivity index (χ1v) is 7.97. The van der Waals surface area contributed by atoms with E-state index in [9.17, 15) is 9.59 Å². The van der Waals surface area contributed by atoms with Gasteiger partial charge in [-0.15, -0.1) is 0 Å². The van der Waals surface area contributed by atoms with Gasteiger partial charge in [-0.3, -0.25) is 9.59 Å². The molecule has 2 amide bonds. The molecule has 0 spiro atoms. The fourth-order valence-electron chi connectivity index (χ4n) is 2.11. The van der Waals surface area contributed by atoms with Crippen molar-refractivity contribution >= 4 is 40.7 Å². The van der Waals surface area contributed by atoms with E-state index < -0.39 is 0 Å². The Morgan fingerprint density at radius 3 is 2.58 bits per heavy atom. The third-order valence-electron chi connectivity index (χ3n) is 3.44. The van der Waals surface area contributed by atoms with Crippen molar-refractivity contribution in [2.45, 2.75) is 13.8 Å². The summed E-state index contributed by atoms with van der Waals surface area (Å²) < 4.78 is 0. The van der Waals surface area contributed by atoms with Crippen molar-refractivity contribution in [2.24, 2.45) is 0 Å². The monoisotopic (exact) mass is 365 g/mol. The summed E-state index contributed by atoms with van der Waals surface area (Å²) >= 11 is 11.6. The highest BCUT2D eigenvalue weighted by molar-refractivity contribution is 6.41. The summed E-state index contributed by atoms with van der Waals surface area (Å²) in [6, 6.07) is 7.22. The highest BCUT2D eigenvalue weighted by atomic mass is 35.5. The number of nitrogens with zero attached hydrogens (tertiary/aromatic N) is 2. The first-order valence-electron chi connectivity index (χ1n) is 7.21. The van der Waals surface area contributed by atoms with Crippen LogP contribution in [0, 0.1) is 13.8 Å². The van der Waals surface area contributed by atoms with Crippen molar-refractivity contribution < 1.29 is 9.59 Å². The van der Waals surface area contributed by atoms with Crippen LogP contribution in [0.5, 0.6) is 0 Å². The number of carbonyl (C=O) groups is 2. The number of anilines is 1. The van der Waals surface area contributed by atoms with E-state index in [1.807, 2.05) is 32.0 Å². The molecule has 0 aliphatic carbocycles. The summed E-state index contributed by atoms with van der Waals surface area (Å²) in [6.07, 6.45) is 1.33. The number of rotatable bonds is 4. The van der Waals surface area contributed by atoms with Gasteiger partial charge in [0.05, 0.1) is 17.1 Å². The quantitative estimate of drug-likeness (QED) is 0.839. The molecule has 0 saturated heterocycles.